The van der Waals surface area contributed by atoms with Gasteiger partial charge in [-0.3, -0.25) is 0 Å². The van der Waals surface area contributed by atoms with Crippen LogP contribution in [0, 0.1) is 6.92 Å². The Morgan fingerprint density at radius 2 is 2.14 bits per heavy atom. The largest absolute Gasteiger partial charge is 0.459 e. The van der Waals surface area contributed by atoms with Gasteiger partial charge in [0, 0.05) is 24.2 Å². The third-order valence-electron chi connectivity index (χ3n) is 4.04. The van der Waals surface area contributed by atoms with Gasteiger partial charge in [-0.15, -0.1) is 11.3 Å². The third-order valence-corrected chi connectivity index (χ3v) is 5.05. The molecule has 2 N–H and O–H groups in total. The van der Waals surface area contributed by atoms with Crippen molar-refractivity contribution in [3.8, 4) is 10.8 Å². The molecule has 5 heteroatoms. The standard InChI is InChI=1S/C16H22N2O2S/c1-12-5-6-14(20-12)15-18-10-13(21-15)9-17-11-16(19)7-3-2-4-8-16/h5-6,10,17,19H,2-4,7-9,11H2,1H3. The molecule has 0 unspecified atom stereocenters. The predicted molar refractivity (Wildman–Crippen MR) is 84.3 cm³/mol. The van der Waals surface area contributed by atoms with Crippen molar-refractivity contribution in [3.63, 3.8) is 0 Å². The van der Waals surface area contributed by atoms with Gasteiger partial charge < -0.3 is 14.8 Å². The number of nitrogens with zero attached hydrogens (tertiary/aromatic N) is 1. The molecule has 1 saturated carbocycles. The Hall–Kier alpha value is -1.17. The van der Waals surface area contributed by atoms with E-state index < -0.39 is 5.60 Å². The van der Waals surface area contributed by atoms with Gasteiger partial charge in [0.15, 0.2) is 10.8 Å². The molecule has 2 aromatic heterocycles. The average molecular weight is 306 g/mol. The zero-order valence-electron chi connectivity index (χ0n) is 12.4. The number of aryl methyl sites for hydroxylation is 1. The minimum Gasteiger partial charge on any atom is -0.459 e. The molecule has 4 nitrogen and oxygen atoms in total. The highest BCUT2D eigenvalue weighted by atomic mass is 32.1. The van der Waals surface area contributed by atoms with Gasteiger partial charge >= 0.3 is 0 Å². The Bertz CT molecular complexity index is 585. The van der Waals surface area contributed by atoms with Crippen LogP contribution in [0.1, 0.15) is 42.7 Å². The van der Waals surface area contributed by atoms with Gasteiger partial charge in [0.1, 0.15) is 5.76 Å². The zero-order chi connectivity index (χ0) is 14.7. The Labute approximate surface area is 129 Å². The van der Waals surface area contributed by atoms with E-state index in [-0.39, 0.29) is 0 Å². The van der Waals surface area contributed by atoms with Gasteiger partial charge in [0.05, 0.1) is 5.60 Å². The first-order valence-electron chi connectivity index (χ1n) is 7.59. The average Bonchev–Trinajstić information content (AvgIpc) is 3.08. The molecule has 0 radical (unpaired) electrons. The second-order valence-corrected chi connectivity index (χ2v) is 7.05. The molecular weight excluding hydrogens is 284 g/mol. The number of nitrogens with one attached hydrogen (secondary N) is 1. The topological polar surface area (TPSA) is 58.3 Å². The lowest BCUT2D eigenvalue weighted by Crippen LogP contribution is -2.41. The maximum Gasteiger partial charge on any atom is 0.162 e. The van der Waals surface area contributed by atoms with Gasteiger partial charge in [-0.05, 0) is 31.9 Å². The van der Waals surface area contributed by atoms with E-state index >= 15 is 0 Å². The van der Waals surface area contributed by atoms with Crippen LogP contribution in [0.15, 0.2) is 22.7 Å². The van der Waals surface area contributed by atoms with Gasteiger partial charge in [0.2, 0.25) is 0 Å². The maximum atomic E-state index is 10.4. The van der Waals surface area contributed by atoms with Crippen LogP contribution in [-0.4, -0.2) is 22.2 Å². The van der Waals surface area contributed by atoms with Gasteiger partial charge in [-0.25, -0.2) is 4.98 Å². The molecule has 114 valence electrons. The molecule has 1 aliphatic rings. The lowest BCUT2D eigenvalue weighted by Gasteiger charge is -2.32. The Morgan fingerprint density at radius 1 is 1.33 bits per heavy atom. The molecule has 0 atom stereocenters. The summed E-state index contributed by atoms with van der Waals surface area (Å²) in [5.74, 6) is 1.73. The number of hydrogen-bond donors (Lipinski definition) is 2. The van der Waals surface area contributed by atoms with E-state index in [2.05, 4.69) is 10.3 Å². The van der Waals surface area contributed by atoms with Crippen LogP contribution < -0.4 is 5.32 Å². The van der Waals surface area contributed by atoms with E-state index in [1.54, 1.807) is 11.3 Å². The number of aromatic nitrogens is 1. The fraction of sp³-hybridized carbons (Fsp3) is 0.562. The molecular formula is C16H22N2O2S. The zero-order valence-corrected chi connectivity index (χ0v) is 13.2. The van der Waals surface area contributed by atoms with Crippen molar-refractivity contribution >= 4 is 11.3 Å². The summed E-state index contributed by atoms with van der Waals surface area (Å²) in [7, 11) is 0. The number of hydrogen-bond acceptors (Lipinski definition) is 5. The molecule has 0 bridgehead atoms. The lowest BCUT2D eigenvalue weighted by atomic mass is 9.85. The van der Waals surface area contributed by atoms with E-state index in [0.717, 1.165) is 48.8 Å². The van der Waals surface area contributed by atoms with Crippen LogP contribution in [0.4, 0.5) is 0 Å². The van der Waals surface area contributed by atoms with E-state index in [1.165, 1.54) is 11.3 Å². The van der Waals surface area contributed by atoms with Crippen LogP contribution in [0.3, 0.4) is 0 Å². The summed E-state index contributed by atoms with van der Waals surface area (Å²) < 4.78 is 5.59. The quantitative estimate of drug-likeness (QED) is 0.887. The highest BCUT2D eigenvalue weighted by Crippen LogP contribution is 2.28. The molecule has 0 amide bonds. The van der Waals surface area contributed by atoms with Crippen LogP contribution in [-0.2, 0) is 6.54 Å². The molecule has 0 spiro atoms. The molecule has 21 heavy (non-hydrogen) atoms. The fourth-order valence-corrected chi connectivity index (χ4v) is 3.70. The molecule has 3 rings (SSSR count). The lowest BCUT2D eigenvalue weighted by molar-refractivity contribution is 0.00472. The van der Waals surface area contributed by atoms with Crippen molar-refractivity contribution in [1.82, 2.24) is 10.3 Å². The van der Waals surface area contributed by atoms with Crippen molar-refractivity contribution in [2.24, 2.45) is 0 Å². The molecule has 0 aliphatic heterocycles. The Balaban J connectivity index is 1.53. The van der Waals surface area contributed by atoms with Crippen LogP contribution in [0.25, 0.3) is 10.8 Å². The highest BCUT2D eigenvalue weighted by Gasteiger charge is 2.28. The minimum atomic E-state index is -0.510. The summed E-state index contributed by atoms with van der Waals surface area (Å²) in [6, 6.07) is 3.91. The van der Waals surface area contributed by atoms with Crippen molar-refractivity contribution < 1.29 is 9.52 Å². The summed E-state index contributed by atoms with van der Waals surface area (Å²) in [6.07, 6.45) is 7.25. The molecule has 1 aliphatic carbocycles. The van der Waals surface area contributed by atoms with Crippen molar-refractivity contribution in [2.45, 2.75) is 51.2 Å². The first-order valence-corrected chi connectivity index (χ1v) is 8.41. The van der Waals surface area contributed by atoms with E-state index in [4.69, 9.17) is 4.42 Å². The van der Waals surface area contributed by atoms with Crippen molar-refractivity contribution in [2.75, 3.05) is 6.54 Å². The number of furan rings is 1. The van der Waals surface area contributed by atoms with E-state index in [9.17, 15) is 5.11 Å². The Morgan fingerprint density at radius 3 is 2.86 bits per heavy atom. The second-order valence-electron chi connectivity index (χ2n) is 5.93. The second kappa shape index (κ2) is 6.30. The number of aliphatic hydroxyl groups is 1. The van der Waals surface area contributed by atoms with Crippen molar-refractivity contribution in [1.29, 1.82) is 0 Å². The smallest absolute Gasteiger partial charge is 0.162 e. The monoisotopic (exact) mass is 306 g/mol. The first kappa shape index (κ1) is 14.8. The van der Waals surface area contributed by atoms with Crippen LogP contribution in [0.2, 0.25) is 0 Å². The molecule has 0 aromatic carbocycles. The molecule has 1 fully saturated rings. The van der Waals surface area contributed by atoms with Gasteiger partial charge in [0.25, 0.3) is 0 Å². The van der Waals surface area contributed by atoms with Crippen LogP contribution >= 0.6 is 11.3 Å². The normalized spacial score (nSPS) is 18.0. The molecule has 2 aromatic rings. The number of thiazole rings is 1. The summed E-state index contributed by atoms with van der Waals surface area (Å²) in [5, 5.41) is 14.7. The third kappa shape index (κ3) is 3.73. The summed E-state index contributed by atoms with van der Waals surface area (Å²) in [5.41, 5.74) is -0.510. The molecule has 0 saturated heterocycles. The highest BCUT2D eigenvalue weighted by molar-refractivity contribution is 7.14. The molecule has 2 heterocycles. The first-order chi connectivity index (χ1) is 10.1. The Kier molecular flexibility index (Phi) is 4.42. The van der Waals surface area contributed by atoms with Crippen LogP contribution in [0.5, 0.6) is 0 Å². The van der Waals surface area contributed by atoms with E-state index in [1.807, 2.05) is 25.3 Å². The summed E-state index contributed by atoms with van der Waals surface area (Å²) in [6.45, 7) is 3.35. The van der Waals surface area contributed by atoms with E-state index in [0.29, 0.717) is 6.54 Å². The minimum absolute atomic E-state index is 0.510. The number of rotatable bonds is 5. The predicted octanol–water partition coefficient (Wildman–Crippen LogP) is 3.50. The van der Waals surface area contributed by atoms with Crippen molar-refractivity contribution in [3.05, 3.63) is 29.0 Å². The van der Waals surface area contributed by atoms with Gasteiger partial charge in [-0.2, -0.15) is 0 Å². The van der Waals surface area contributed by atoms with Gasteiger partial charge in [-0.1, -0.05) is 19.3 Å². The maximum absolute atomic E-state index is 10.4. The fourth-order valence-electron chi connectivity index (χ4n) is 2.86. The summed E-state index contributed by atoms with van der Waals surface area (Å²) >= 11 is 1.64. The summed E-state index contributed by atoms with van der Waals surface area (Å²) in [4.78, 5) is 5.57. The SMILES string of the molecule is Cc1ccc(-c2ncc(CNCC3(O)CCCCC3)s2)o1.